The number of rotatable bonds is 10. The largest absolute Gasteiger partial charge is 0.481 e. The minimum absolute atomic E-state index is 0. The van der Waals surface area contributed by atoms with E-state index < -0.39 is 23.1 Å². The van der Waals surface area contributed by atoms with Gasteiger partial charge in [0.15, 0.2) is 0 Å². The van der Waals surface area contributed by atoms with Crippen LogP contribution < -0.4 is 0 Å². The van der Waals surface area contributed by atoms with Crippen LogP contribution in [0.3, 0.4) is 0 Å². The zero-order valence-electron chi connectivity index (χ0n) is 22.8. The number of likely N-dealkylation sites (tertiary alicyclic amines) is 1. The Morgan fingerprint density at radius 3 is 1.82 bits per heavy atom. The highest BCUT2D eigenvalue weighted by atomic mass is 35.5. The van der Waals surface area contributed by atoms with E-state index in [2.05, 4.69) is 4.90 Å². The zero-order valence-corrected chi connectivity index (χ0v) is 23.6. The first-order valence-corrected chi connectivity index (χ1v) is 13.3. The molecule has 212 valence electrons. The van der Waals surface area contributed by atoms with Crippen molar-refractivity contribution >= 4 is 18.4 Å². The first-order chi connectivity index (χ1) is 17.7. The summed E-state index contributed by atoms with van der Waals surface area (Å²) in [4.78, 5) is 13.9. The van der Waals surface area contributed by atoms with Gasteiger partial charge in [0, 0.05) is 0 Å². The van der Waals surface area contributed by atoms with Gasteiger partial charge in [0.2, 0.25) is 0 Å². The maximum Gasteiger partial charge on any atom is 0.313 e. The van der Waals surface area contributed by atoms with Crippen molar-refractivity contribution in [2.75, 3.05) is 19.6 Å². The molecule has 0 radical (unpaired) electrons. The molecule has 3 aromatic carbocycles. The number of piperidine rings is 1. The molecule has 3 aromatic rings. The number of carboxylic acids is 1. The lowest BCUT2D eigenvalue weighted by Crippen LogP contribution is -2.44. The molecule has 0 unspecified atom stereocenters. The molecule has 1 aliphatic rings. The van der Waals surface area contributed by atoms with Gasteiger partial charge >= 0.3 is 5.97 Å². The summed E-state index contributed by atoms with van der Waals surface area (Å²) in [6.45, 7) is 6.11. The number of benzene rings is 3. The first-order valence-electron chi connectivity index (χ1n) is 13.3. The normalized spacial score (nSPS) is 15.6. The van der Waals surface area contributed by atoms with Crippen LogP contribution in [0.1, 0.15) is 67.9 Å². The maximum atomic E-state index is 12.1. The molecule has 6 nitrogen and oxygen atoms in total. The predicted octanol–water partition coefficient (Wildman–Crippen LogP) is 5.11. The van der Waals surface area contributed by atoms with E-state index in [9.17, 15) is 20.1 Å². The molecule has 39 heavy (non-hydrogen) atoms. The smallest absolute Gasteiger partial charge is 0.313 e. The third-order valence-corrected chi connectivity index (χ3v) is 8.11. The van der Waals surface area contributed by atoms with E-state index in [0.29, 0.717) is 6.42 Å². The van der Waals surface area contributed by atoms with Gasteiger partial charge in [-0.05, 0) is 87.3 Å². The van der Waals surface area contributed by atoms with Crippen molar-refractivity contribution in [3.8, 4) is 0 Å². The number of carboxylic acid groups (broad SMARTS) is 1. The van der Waals surface area contributed by atoms with Crippen LogP contribution in [0.4, 0.5) is 0 Å². The summed E-state index contributed by atoms with van der Waals surface area (Å²) in [5.74, 6) is -0.733. The lowest BCUT2D eigenvalue weighted by Gasteiger charge is -2.42. The summed E-state index contributed by atoms with van der Waals surface area (Å²) < 4.78 is 0. The number of aliphatic carboxylic acids is 1. The van der Waals surface area contributed by atoms with Gasteiger partial charge in [-0.1, -0.05) is 84.9 Å². The zero-order chi connectivity index (χ0) is 26.5. The summed E-state index contributed by atoms with van der Waals surface area (Å²) in [6, 6.07) is 27.3. The molecular formula is C32H42ClNO5. The fourth-order valence-corrected chi connectivity index (χ4v) is 5.52. The average molecular weight is 556 g/mol. The molecule has 1 saturated heterocycles. The molecule has 0 spiro atoms. The monoisotopic (exact) mass is 555 g/mol. The molecule has 7 heteroatoms. The second-order valence-corrected chi connectivity index (χ2v) is 10.8. The summed E-state index contributed by atoms with van der Waals surface area (Å²) in [7, 11) is 0. The Morgan fingerprint density at radius 1 is 0.872 bits per heavy atom. The van der Waals surface area contributed by atoms with Crippen LogP contribution in [0.5, 0.6) is 0 Å². The summed E-state index contributed by atoms with van der Waals surface area (Å²) in [6.07, 6.45) is 2.77. The summed E-state index contributed by atoms with van der Waals surface area (Å²) in [5.41, 5.74) is 1.47. The minimum Gasteiger partial charge on any atom is -0.481 e. The third kappa shape index (κ3) is 7.27. The average Bonchev–Trinajstić information content (AvgIpc) is 2.94. The Kier molecular flexibility index (Phi) is 11.7. The molecule has 5 N–H and O–H groups in total. The topological polar surface area (TPSA) is 112 Å². The summed E-state index contributed by atoms with van der Waals surface area (Å²) in [5, 5.41) is 32.2. The Balaban J connectivity index is 0.00000267. The van der Waals surface area contributed by atoms with Crippen LogP contribution in [-0.2, 0) is 15.8 Å². The van der Waals surface area contributed by atoms with Gasteiger partial charge < -0.3 is 25.7 Å². The van der Waals surface area contributed by atoms with E-state index in [1.807, 2.05) is 72.8 Å². The van der Waals surface area contributed by atoms with Gasteiger partial charge in [0.25, 0.3) is 0 Å². The van der Waals surface area contributed by atoms with Crippen LogP contribution in [-0.4, -0.2) is 51.3 Å². The highest BCUT2D eigenvalue weighted by Gasteiger charge is 2.41. The molecule has 1 heterocycles. The van der Waals surface area contributed by atoms with Crippen molar-refractivity contribution < 1.29 is 25.6 Å². The van der Waals surface area contributed by atoms with Gasteiger partial charge in [0.1, 0.15) is 5.60 Å². The van der Waals surface area contributed by atoms with Crippen molar-refractivity contribution in [3.63, 3.8) is 0 Å². The molecule has 0 amide bonds. The Hall–Kier alpha value is -2.74. The quantitative estimate of drug-likeness (QED) is 0.322. The van der Waals surface area contributed by atoms with E-state index in [4.69, 9.17) is 0 Å². The van der Waals surface area contributed by atoms with Crippen LogP contribution in [0.15, 0.2) is 84.9 Å². The molecule has 1 atom stereocenters. The number of halogens is 1. The maximum absolute atomic E-state index is 12.1. The first kappa shape index (κ1) is 32.5. The van der Waals surface area contributed by atoms with E-state index in [1.165, 1.54) is 0 Å². The highest BCUT2D eigenvalue weighted by Crippen LogP contribution is 2.42. The van der Waals surface area contributed by atoms with Crippen LogP contribution in [0.25, 0.3) is 0 Å². The fourth-order valence-electron chi connectivity index (χ4n) is 5.52. The van der Waals surface area contributed by atoms with Crippen molar-refractivity contribution in [3.05, 3.63) is 107 Å². The van der Waals surface area contributed by atoms with E-state index in [0.717, 1.165) is 61.2 Å². The Morgan fingerprint density at radius 2 is 1.36 bits per heavy atom. The van der Waals surface area contributed by atoms with Gasteiger partial charge in [-0.25, -0.2) is 0 Å². The Bertz CT molecular complexity index is 1110. The molecule has 1 fully saturated rings. The second kappa shape index (κ2) is 14.1. The van der Waals surface area contributed by atoms with Crippen molar-refractivity contribution in [1.82, 2.24) is 4.90 Å². The number of hydrogen-bond acceptors (Lipinski definition) is 4. The Labute approximate surface area is 238 Å². The third-order valence-electron chi connectivity index (χ3n) is 8.11. The molecule has 4 rings (SSSR count). The highest BCUT2D eigenvalue weighted by molar-refractivity contribution is 5.85. The van der Waals surface area contributed by atoms with Crippen LogP contribution >= 0.6 is 12.4 Å². The second-order valence-electron chi connectivity index (χ2n) is 10.8. The van der Waals surface area contributed by atoms with Crippen molar-refractivity contribution in [2.45, 2.75) is 56.7 Å². The lowest BCUT2D eigenvalue weighted by atomic mass is 9.72. The van der Waals surface area contributed by atoms with E-state index >= 15 is 0 Å². The van der Waals surface area contributed by atoms with Crippen LogP contribution in [0, 0.1) is 5.92 Å². The molecule has 0 bridgehead atoms. The molecular weight excluding hydrogens is 514 g/mol. The summed E-state index contributed by atoms with van der Waals surface area (Å²) >= 11 is 0. The number of carbonyl (C=O) groups is 1. The van der Waals surface area contributed by atoms with Gasteiger partial charge in [-0.15, -0.1) is 12.4 Å². The van der Waals surface area contributed by atoms with Crippen molar-refractivity contribution in [1.29, 1.82) is 0 Å². The standard InChI is InChI=1S/C32H39NO4.ClH.H2O/c1-31(2,30(35)36)25-17-15-24(16-18-25)29(34)14-9-21-33-22-19-28(20-23-33)32(37,26-10-5-3-6-11-26)27-12-7-4-8-13-27;;/h3-8,10-13,15-18,28-29,34,37H,9,14,19-23H2,1-2H3,(H,35,36);1H;1H2/t29-;;/m1../s1. The fraction of sp³-hybridized carbons (Fsp3) is 0.406. The van der Waals surface area contributed by atoms with Gasteiger partial charge in [-0.3, -0.25) is 4.79 Å². The van der Waals surface area contributed by atoms with E-state index in [-0.39, 0.29) is 23.8 Å². The van der Waals surface area contributed by atoms with Crippen molar-refractivity contribution in [2.24, 2.45) is 5.92 Å². The molecule has 0 saturated carbocycles. The lowest BCUT2D eigenvalue weighted by molar-refractivity contribution is -0.142. The number of aliphatic hydroxyl groups excluding tert-OH is 1. The number of hydrogen-bond donors (Lipinski definition) is 3. The number of nitrogens with zero attached hydrogens (tertiary/aromatic N) is 1. The van der Waals surface area contributed by atoms with Gasteiger partial charge in [0.05, 0.1) is 11.5 Å². The predicted molar refractivity (Wildman–Crippen MR) is 157 cm³/mol. The minimum atomic E-state index is -1.01. The molecule has 0 aliphatic carbocycles. The van der Waals surface area contributed by atoms with Crippen LogP contribution in [0.2, 0.25) is 0 Å². The molecule has 1 aliphatic heterocycles. The SMILES string of the molecule is CC(C)(C(=O)O)c1ccc([C@H](O)CCCN2CCC(C(O)(c3ccccc3)c3ccccc3)CC2)cc1.Cl.O. The molecule has 0 aromatic heterocycles. The van der Waals surface area contributed by atoms with E-state index in [1.54, 1.807) is 26.0 Å². The van der Waals surface area contributed by atoms with Gasteiger partial charge in [-0.2, -0.15) is 0 Å². The number of aliphatic hydroxyl groups is 2.